The van der Waals surface area contributed by atoms with E-state index in [0.717, 1.165) is 42.9 Å². The second-order valence-corrected chi connectivity index (χ2v) is 7.02. The molecule has 4 nitrogen and oxygen atoms in total. The van der Waals surface area contributed by atoms with E-state index in [1.165, 1.54) is 24.8 Å². The van der Waals surface area contributed by atoms with Crippen molar-refractivity contribution < 1.29 is 0 Å². The number of nitrogens with one attached hydrogen (secondary N) is 1. The van der Waals surface area contributed by atoms with Crippen LogP contribution in [0.15, 0.2) is 0 Å². The molecule has 1 saturated heterocycles. The highest BCUT2D eigenvalue weighted by atomic mass is 35.5. The summed E-state index contributed by atoms with van der Waals surface area (Å²) < 4.78 is 1.78. The van der Waals surface area contributed by atoms with Crippen molar-refractivity contribution in [2.75, 3.05) is 19.6 Å². The van der Waals surface area contributed by atoms with Crippen molar-refractivity contribution in [2.45, 2.75) is 45.2 Å². The molecule has 2 heterocycles. The van der Waals surface area contributed by atoms with Crippen molar-refractivity contribution in [3.8, 4) is 0 Å². The van der Waals surface area contributed by atoms with Gasteiger partial charge in [0.25, 0.3) is 0 Å². The molecule has 1 N–H and O–H groups in total. The molecule has 1 aliphatic carbocycles. The van der Waals surface area contributed by atoms with Gasteiger partial charge in [-0.3, -0.25) is 9.58 Å². The molecule has 0 radical (unpaired) electrons. The molecule has 3 rings (SSSR count). The molecule has 1 saturated carbocycles. The van der Waals surface area contributed by atoms with Gasteiger partial charge in [-0.25, -0.2) is 0 Å². The van der Waals surface area contributed by atoms with Gasteiger partial charge in [0.1, 0.15) is 5.15 Å². The van der Waals surface area contributed by atoms with Crippen LogP contribution in [-0.4, -0.2) is 39.9 Å². The Bertz CT molecular complexity index is 494. The van der Waals surface area contributed by atoms with Crippen molar-refractivity contribution in [1.82, 2.24) is 20.0 Å². The van der Waals surface area contributed by atoms with Gasteiger partial charge in [-0.05, 0) is 52.1 Å². The fraction of sp³-hybridized carbons (Fsp3) is 0.800. The van der Waals surface area contributed by atoms with Gasteiger partial charge in [-0.1, -0.05) is 11.6 Å². The smallest absolute Gasteiger partial charge is 0.131 e. The predicted octanol–water partition coefficient (Wildman–Crippen LogP) is 2.35. The Balaban J connectivity index is 1.75. The Morgan fingerprint density at radius 1 is 1.45 bits per heavy atom. The molecule has 1 aromatic rings. The lowest BCUT2D eigenvalue weighted by molar-refractivity contribution is 0.195. The van der Waals surface area contributed by atoms with Gasteiger partial charge in [-0.2, -0.15) is 5.10 Å². The molecule has 0 aromatic carbocycles. The first-order chi connectivity index (χ1) is 9.49. The van der Waals surface area contributed by atoms with E-state index in [-0.39, 0.29) is 5.54 Å². The molecule has 0 bridgehead atoms. The molecule has 1 unspecified atom stereocenters. The summed E-state index contributed by atoms with van der Waals surface area (Å²) in [6.45, 7) is 8.74. The van der Waals surface area contributed by atoms with E-state index in [4.69, 9.17) is 11.6 Å². The Labute approximate surface area is 126 Å². The summed E-state index contributed by atoms with van der Waals surface area (Å²) in [4.78, 5) is 2.55. The van der Waals surface area contributed by atoms with Crippen molar-refractivity contribution in [3.05, 3.63) is 16.4 Å². The molecule has 112 valence electrons. The molecule has 0 spiro atoms. The number of halogens is 1. The van der Waals surface area contributed by atoms with E-state index >= 15 is 0 Å². The van der Waals surface area contributed by atoms with Gasteiger partial charge in [-0.15, -0.1) is 0 Å². The van der Waals surface area contributed by atoms with Gasteiger partial charge >= 0.3 is 0 Å². The van der Waals surface area contributed by atoms with Crippen LogP contribution >= 0.6 is 11.6 Å². The third-order valence-corrected chi connectivity index (χ3v) is 5.33. The molecular formula is C15H25ClN4. The van der Waals surface area contributed by atoms with Gasteiger partial charge in [0.05, 0.1) is 5.69 Å². The minimum Gasteiger partial charge on any atom is -0.310 e. The molecule has 5 heteroatoms. The van der Waals surface area contributed by atoms with Crippen LogP contribution in [0.5, 0.6) is 0 Å². The van der Waals surface area contributed by atoms with E-state index in [9.17, 15) is 0 Å². The lowest BCUT2D eigenvalue weighted by atomic mass is 9.95. The largest absolute Gasteiger partial charge is 0.310 e. The van der Waals surface area contributed by atoms with Crippen LogP contribution in [-0.2, 0) is 13.6 Å². The molecule has 1 aromatic heterocycles. The van der Waals surface area contributed by atoms with E-state index in [1.807, 2.05) is 7.05 Å². The number of aryl methyl sites for hydroxylation is 2. The summed E-state index contributed by atoms with van der Waals surface area (Å²) >= 11 is 6.38. The topological polar surface area (TPSA) is 33.1 Å². The normalized spacial score (nSPS) is 28.6. The van der Waals surface area contributed by atoms with Crippen LogP contribution in [0.4, 0.5) is 0 Å². The van der Waals surface area contributed by atoms with Crippen LogP contribution in [0.25, 0.3) is 0 Å². The minimum atomic E-state index is 0.277. The first-order valence-electron chi connectivity index (χ1n) is 7.65. The lowest BCUT2D eigenvalue weighted by Gasteiger charge is -2.34. The average Bonchev–Trinajstić information content (AvgIpc) is 3.20. The van der Waals surface area contributed by atoms with E-state index in [1.54, 1.807) is 4.68 Å². The zero-order valence-corrected chi connectivity index (χ0v) is 13.5. The van der Waals surface area contributed by atoms with Crippen molar-refractivity contribution >= 4 is 11.6 Å². The van der Waals surface area contributed by atoms with E-state index in [2.05, 4.69) is 29.2 Å². The lowest BCUT2D eigenvalue weighted by Crippen LogP contribution is -2.50. The Hall–Kier alpha value is -0.580. The number of hydrogen-bond acceptors (Lipinski definition) is 3. The SMILES string of the molecule is Cc1nn(C)c(Cl)c1CN1CCCNC(C)(C2CC2)C1. The quantitative estimate of drug-likeness (QED) is 0.929. The maximum atomic E-state index is 6.38. The summed E-state index contributed by atoms with van der Waals surface area (Å²) in [6, 6.07) is 0. The molecule has 2 aliphatic rings. The summed E-state index contributed by atoms with van der Waals surface area (Å²) in [5.74, 6) is 0.855. The summed E-state index contributed by atoms with van der Waals surface area (Å²) in [6.07, 6.45) is 3.97. The van der Waals surface area contributed by atoms with E-state index < -0.39 is 0 Å². The molecule has 1 aliphatic heterocycles. The highest BCUT2D eigenvalue weighted by molar-refractivity contribution is 6.30. The maximum Gasteiger partial charge on any atom is 0.131 e. The highest BCUT2D eigenvalue weighted by Crippen LogP contribution is 2.40. The molecule has 0 amide bonds. The third-order valence-electron chi connectivity index (χ3n) is 4.86. The van der Waals surface area contributed by atoms with Gasteiger partial charge < -0.3 is 5.32 Å². The van der Waals surface area contributed by atoms with Crippen LogP contribution < -0.4 is 5.32 Å². The Morgan fingerprint density at radius 2 is 2.20 bits per heavy atom. The fourth-order valence-electron chi connectivity index (χ4n) is 3.48. The number of rotatable bonds is 3. The van der Waals surface area contributed by atoms with Crippen LogP contribution in [0.1, 0.15) is 37.4 Å². The van der Waals surface area contributed by atoms with Crippen LogP contribution in [0.3, 0.4) is 0 Å². The average molecular weight is 297 g/mol. The number of aromatic nitrogens is 2. The number of hydrogen-bond donors (Lipinski definition) is 1. The zero-order chi connectivity index (χ0) is 14.3. The molecular weight excluding hydrogens is 272 g/mol. The second-order valence-electron chi connectivity index (χ2n) is 6.66. The standard InChI is InChI=1S/C15H25ClN4/c1-11-13(14(16)19(3)18-11)9-20-8-4-7-17-15(2,10-20)12-5-6-12/h12,17H,4-10H2,1-3H3. The first-order valence-corrected chi connectivity index (χ1v) is 8.03. The van der Waals surface area contributed by atoms with Crippen molar-refractivity contribution in [1.29, 1.82) is 0 Å². The van der Waals surface area contributed by atoms with Gasteiger partial charge in [0, 0.05) is 31.2 Å². The molecule has 20 heavy (non-hydrogen) atoms. The molecule has 1 atom stereocenters. The summed E-state index contributed by atoms with van der Waals surface area (Å²) in [7, 11) is 1.91. The zero-order valence-electron chi connectivity index (χ0n) is 12.7. The number of nitrogens with zero attached hydrogens (tertiary/aromatic N) is 3. The first kappa shape index (κ1) is 14.4. The van der Waals surface area contributed by atoms with Crippen molar-refractivity contribution in [2.24, 2.45) is 13.0 Å². The Kier molecular flexibility index (Phi) is 3.82. The third kappa shape index (κ3) is 2.74. The maximum absolute atomic E-state index is 6.38. The highest BCUT2D eigenvalue weighted by Gasteiger charge is 2.43. The minimum absolute atomic E-state index is 0.277. The van der Waals surface area contributed by atoms with Gasteiger partial charge in [0.15, 0.2) is 0 Å². The summed E-state index contributed by atoms with van der Waals surface area (Å²) in [5.41, 5.74) is 2.52. The van der Waals surface area contributed by atoms with Crippen molar-refractivity contribution in [3.63, 3.8) is 0 Å². The summed E-state index contributed by atoms with van der Waals surface area (Å²) in [5, 5.41) is 8.99. The molecule has 2 fully saturated rings. The second kappa shape index (κ2) is 5.32. The van der Waals surface area contributed by atoms with Crippen LogP contribution in [0.2, 0.25) is 5.15 Å². The monoisotopic (exact) mass is 296 g/mol. The predicted molar refractivity (Wildman–Crippen MR) is 82.0 cm³/mol. The van der Waals surface area contributed by atoms with E-state index in [0.29, 0.717) is 0 Å². The van der Waals surface area contributed by atoms with Crippen LogP contribution in [0, 0.1) is 12.8 Å². The Morgan fingerprint density at radius 3 is 2.80 bits per heavy atom. The van der Waals surface area contributed by atoms with Gasteiger partial charge in [0.2, 0.25) is 0 Å². The fourth-order valence-corrected chi connectivity index (χ4v) is 3.72.